The summed E-state index contributed by atoms with van der Waals surface area (Å²) < 4.78 is 4.87. The van der Waals surface area contributed by atoms with Gasteiger partial charge in [0.1, 0.15) is 0 Å². The highest BCUT2D eigenvalue weighted by Gasteiger charge is 2.08. The van der Waals surface area contributed by atoms with Crippen LogP contribution in [0.15, 0.2) is 28.8 Å². The third kappa shape index (κ3) is 3.98. The summed E-state index contributed by atoms with van der Waals surface area (Å²) in [7, 11) is 0. The van der Waals surface area contributed by atoms with Gasteiger partial charge in [0.25, 0.3) is 0 Å². The highest BCUT2D eigenvalue weighted by Crippen LogP contribution is 2.21. The monoisotopic (exact) mass is 262 g/mol. The molecule has 2 aromatic rings. The molecule has 1 heterocycles. The molecule has 0 spiro atoms. The Morgan fingerprint density at radius 2 is 1.68 bits per heavy atom. The van der Waals surface area contributed by atoms with Crippen molar-refractivity contribution < 1.29 is 14.4 Å². The Kier molecular flexibility index (Phi) is 4.78. The number of amides is 1. The second kappa shape index (κ2) is 6.78. The van der Waals surface area contributed by atoms with E-state index in [0.717, 1.165) is 0 Å². The molecule has 3 rings (SSSR count). The number of carbonyl (C=O) groups is 1. The van der Waals surface area contributed by atoms with E-state index in [4.69, 9.17) is 9.63 Å². The fourth-order valence-electron chi connectivity index (χ4n) is 2.14. The summed E-state index contributed by atoms with van der Waals surface area (Å²) in [5.74, 6) is 0.225. The number of hydrogen-bond acceptors (Lipinski definition) is 3. The van der Waals surface area contributed by atoms with Crippen LogP contribution in [0.2, 0.25) is 0 Å². The van der Waals surface area contributed by atoms with Crippen molar-refractivity contribution >= 4 is 22.9 Å². The number of anilines is 1. The molecule has 5 nitrogen and oxygen atoms in total. The van der Waals surface area contributed by atoms with Crippen molar-refractivity contribution in [2.75, 3.05) is 5.32 Å². The molecule has 2 N–H and O–H groups in total. The lowest BCUT2D eigenvalue weighted by Gasteiger charge is -2.05. The van der Waals surface area contributed by atoms with Gasteiger partial charge in [-0.05, 0) is 12.1 Å². The molecule has 0 aliphatic heterocycles. The van der Waals surface area contributed by atoms with E-state index in [0.29, 0.717) is 11.0 Å². The molecule has 1 aliphatic rings. The summed E-state index contributed by atoms with van der Waals surface area (Å²) in [6.45, 7) is 0. The lowest BCUT2D eigenvalue weighted by molar-refractivity contribution is 0.209. The molecule has 1 amide bonds. The number of benzene rings is 1. The average Bonchev–Trinajstić information content (AvgIpc) is 2.84. The number of fused-ring (bicyclic) bond motifs is 1. The predicted molar refractivity (Wildman–Crippen MR) is 73.4 cm³/mol. The lowest BCUT2D eigenvalue weighted by atomic mass is 10.0. The van der Waals surface area contributed by atoms with Crippen molar-refractivity contribution in [3.05, 3.63) is 24.3 Å². The van der Waals surface area contributed by atoms with Crippen LogP contribution in [-0.4, -0.2) is 16.4 Å². The molecule has 0 atom stereocenters. The first-order valence-corrected chi connectivity index (χ1v) is 6.62. The van der Waals surface area contributed by atoms with Crippen LogP contribution in [0.4, 0.5) is 10.6 Å². The highest BCUT2D eigenvalue weighted by atomic mass is 16.5. The van der Waals surface area contributed by atoms with Crippen LogP contribution >= 0.6 is 0 Å². The number of aromatic nitrogens is 1. The van der Waals surface area contributed by atoms with Crippen LogP contribution in [0, 0.1) is 0 Å². The Morgan fingerprint density at radius 1 is 1.11 bits per heavy atom. The molecule has 1 fully saturated rings. The molecule has 19 heavy (non-hydrogen) atoms. The third-order valence-corrected chi connectivity index (χ3v) is 3.10. The molecule has 0 unspecified atom stereocenters. The van der Waals surface area contributed by atoms with E-state index in [9.17, 15) is 4.79 Å². The second-order valence-electron chi connectivity index (χ2n) is 4.58. The van der Waals surface area contributed by atoms with Crippen LogP contribution in [0.5, 0.6) is 0 Å². The normalized spacial score (nSPS) is 14.5. The zero-order valence-corrected chi connectivity index (χ0v) is 10.8. The van der Waals surface area contributed by atoms with Crippen molar-refractivity contribution in [2.45, 2.75) is 38.5 Å². The van der Waals surface area contributed by atoms with Gasteiger partial charge in [-0.2, -0.15) is 0 Å². The van der Waals surface area contributed by atoms with Crippen molar-refractivity contribution in [3.63, 3.8) is 0 Å². The van der Waals surface area contributed by atoms with Gasteiger partial charge in [-0.1, -0.05) is 55.8 Å². The molecular formula is C14H18N2O3. The van der Waals surface area contributed by atoms with Gasteiger partial charge in [0.05, 0.1) is 5.39 Å². The minimum atomic E-state index is -1.15. The van der Waals surface area contributed by atoms with Crippen LogP contribution < -0.4 is 5.32 Å². The first kappa shape index (κ1) is 13.4. The van der Waals surface area contributed by atoms with Gasteiger partial charge in [-0.25, -0.2) is 4.79 Å². The van der Waals surface area contributed by atoms with Crippen LogP contribution in [0.1, 0.15) is 38.5 Å². The van der Waals surface area contributed by atoms with E-state index in [-0.39, 0.29) is 5.82 Å². The molecule has 5 heteroatoms. The van der Waals surface area contributed by atoms with E-state index in [2.05, 4.69) is 10.5 Å². The summed E-state index contributed by atoms with van der Waals surface area (Å²) >= 11 is 0. The van der Waals surface area contributed by atoms with Gasteiger partial charge in [0.15, 0.2) is 11.4 Å². The molecule has 1 aliphatic carbocycles. The summed E-state index contributed by atoms with van der Waals surface area (Å²) in [6.07, 6.45) is 7.85. The van der Waals surface area contributed by atoms with Gasteiger partial charge in [0, 0.05) is 0 Å². The maximum absolute atomic E-state index is 10.3. The highest BCUT2D eigenvalue weighted by molar-refractivity contribution is 5.95. The van der Waals surface area contributed by atoms with Gasteiger partial charge < -0.3 is 9.63 Å². The fourth-order valence-corrected chi connectivity index (χ4v) is 2.14. The number of carboxylic acid groups (broad SMARTS) is 1. The Bertz CT molecular complexity index is 521. The maximum Gasteiger partial charge on any atom is 0.410 e. The lowest BCUT2D eigenvalue weighted by Crippen LogP contribution is -2.07. The topological polar surface area (TPSA) is 75.4 Å². The molecule has 0 bridgehead atoms. The largest absolute Gasteiger partial charge is 0.465 e. The van der Waals surface area contributed by atoms with Crippen molar-refractivity contribution in [1.29, 1.82) is 0 Å². The smallest absolute Gasteiger partial charge is 0.410 e. The zero-order chi connectivity index (χ0) is 13.5. The van der Waals surface area contributed by atoms with E-state index in [1.54, 1.807) is 24.3 Å². The molecule has 102 valence electrons. The Hall–Kier alpha value is -2.04. The van der Waals surface area contributed by atoms with Crippen LogP contribution in [-0.2, 0) is 0 Å². The number of nitrogens with one attached hydrogen (secondary N) is 1. The van der Waals surface area contributed by atoms with Crippen molar-refractivity contribution in [3.8, 4) is 0 Å². The van der Waals surface area contributed by atoms with E-state index >= 15 is 0 Å². The van der Waals surface area contributed by atoms with E-state index in [1.807, 2.05) is 0 Å². The molecule has 0 saturated heterocycles. The van der Waals surface area contributed by atoms with Crippen LogP contribution in [0.25, 0.3) is 11.0 Å². The predicted octanol–water partition coefficient (Wildman–Crippen LogP) is 4.26. The number of para-hydroxylation sites is 1. The Balaban J connectivity index is 0.000000186. The van der Waals surface area contributed by atoms with Gasteiger partial charge in [0.2, 0.25) is 0 Å². The Labute approximate surface area is 111 Å². The minimum absolute atomic E-state index is 0.225. The average molecular weight is 262 g/mol. The standard InChI is InChI=1S/C8H6N2O3.C6H12/c11-8(12)9-7-5-3-1-2-4-6(5)13-10-7;1-2-4-6-5-3-1/h1-4H,(H,9,10)(H,11,12);1-6H2. The third-order valence-electron chi connectivity index (χ3n) is 3.10. The van der Waals surface area contributed by atoms with Gasteiger partial charge >= 0.3 is 6.09 Å². The summed E-state index contributed by atoms with van der Waals surface area (Å²) in [5, 5.41) is 14.8. The SMILES string of the molecule is C1CCCCC1.O=C(O)Nc1noc2ccccc12. The second-order valence-corrected chi connectivity index (χ2v) is 4.58. The first-order valence-electron chi connectivity index (χ1n) is 6.62. The summed E-state index contributed by atoms with van der Waals surface area (Å²) in [6, 6.07) is 7.02. The quantitative estimate of drug-likeness (QED) is 0.805. The summed E-state index contributed by atoms with van der Waals surface area (Å²) in [4.78, 5) is 10.3. The van der Waals surface area contributed by atoms with E-state index in [1.165, 1.54) is 38.5 Å². The number of nitrogens with zero attached hydrogens (tertiary/aromatic N) is 1. The molecule has 1 saturated carbocycles. The first-order chi connectivity index (χ1) is 9.27. The zero-order valence-electron chi connectivity index (χ0n) is 10.8. The van der Waals surface area contributed by atoms with Crippen molar-refractivity contribution in [2.24, 2.45) is 0 Å². The number of hydrogen-bond donors (Lipinski definition) is 2. The molecule has 1 aromatic carbocycles. The molecule has 1 aromatic heterocycles. The van der Waals surface area contributed by atoms with Gasteiger partial charge in [-0.3, -0.25) is 5.32 Å². The molecular weight excluding hydrogens is 244 g/mol. The maximum atomic E-state index is 10.3. The minimum Gasteiger partial charge on any atom is -0.465 e. The van der Waals surface area contributed by atoms with Crippen molar-refractivity contribution in [1.82, 2.24) is 5.16 Å². The number of rotatable bonds is 1. The molecule has 0 radical (unpaired) electrons. The fraction of sp³-hybridized carbons (Fsp3) is 0.429. The van der Waals surface area contributed by atoms with E-state index < -0.39 is 6.09 Å². The Morgan fingerprint density at radius 3 is 2.26 bits per heavy atom. The summed E-state index contributed by atoms with van der Waals surface area (Å²) in [5.41, 5.74) is 0.561. The van der Waals surface area contributed by atoms with Crippen LogP contribution in [0.3, 0.4) is 0 Å². The van der Waals surface area contributed by atoms with Gasteiger partial charge in [-0.15, -0.1) is 0 Å².